The highest BCUT2D eigenvalue weighted by molar-refractivity contribution is 5.89. The first-order chi connectivity index (χ1) is 64.5. The molecule has 7 aliphatic heterocycles. The fourth-order valence-electron chi connectivity index (χ4n) is 15.5. The minimum atomic E-state index is -5.75. The zero-order valence-electron chi connectivity index (χ0n) is 77.5. The van der Waals surface area contributed by atoms with Gasteiger partial charge in [0.1, 0.15) is 31.2 Å². The van der Waals surface area contributed by atoms with E-state index in [1.165, 1.54) is 44.2 Å². The van der Waals surface area contributed by atoms with Crippen molar-refractivity contribution < 1.29 is 240 Å². The minimum absolute atomic E-state index is 0.0836. The van der Waals surface area contributed by atoms with Crippen LogP contribution >= 0.6 is 0 Å². The molecule has 9 rings (SSSR count). The summed E-state index contributed by atoms with van der Waals surface area (Å²) in [4.78, 5) is 46.3. The van der Waals surface area contributed by atoms with E-state index >= 15 is 0 Å². The second kappa shape index (κ2) is 56.6. The summed E-state index contributed by atoms with van der Waals surface area (Å²) in [5.74, 6) is -55.8. The van der Waals surface area contributed by atoms with Crippen LogP contribution < -0.4 is 0 Å². The molecule has 53 heteroatoms. The molecule has 1 saturated carbocycles. The number of hydrogen-bond donors (Lipinski definition) is 3. The first-order valence-corrected chi connectivity index (χ1v) is 45.6. The summed E-state index contributed by atoms with van der Waals surface area (Å²) < 4.78 is 506. The maximum absolute atomic E-state index is 14.5. The average molecular weight is 2130 g/mol. The van der Waals surface area contributed by atoms with Gasteiger partial charge in [-0.05, 0) is 201 Å². The van der Waals surface area contributed by atoms with Crippen LogP contribution in [0.1, 0.15) is 225 Å². The minimum Gasteiger partial charge on any atom is -0.455 e. The highest BCUT2D eigenvalue weighted by Crippen LogP contribution is 2.52. The fraction of sp³-hybridized carbons (Fsp3) is 0.886. The number of aliphatic hydroxyl groups excluding tert-OH is 3. The van der Waals surface area contributed by atoms with Crippen LogP contribution in [0.4, 0.5) is 154 Å². The predicted molar refractivity (Wildman–Crippen MR) is 428 cm³/mol. The molecule has 0 bridgehead atoms. The lowest BCUT2D eigenvalue weighted by Crippen LogP contribution is -2.53. The summed E-state index contributed by atoms with van der Waals surface area (Å²) in [6, 6.07) is 6.78. The number of carbonyl (C=O) groups is 4. The lowest BCUT2D eigenvalue weighted by molar-refractivity contribution is -0.317. The highest BCUT2D eigenvalue weighted by atomic mass is 19.4. The Hall–Kier alpha value is -5.75. The Morgan fingerprint density at radius 1 is 0.319 bits per heavy atom. The standard InChI is InChI=1S/C18H19F7O3.C17H26F4O3.C13H19F5O3.C11H15F7O2.C10H16F4O2.C10H15F3O3.C9H13F5O2/c19-16(20,11-17(21,22)23)18(24,25)14(10-12-6-8-27-9-7-12)28-15(26)13-4-2-1-3-5-13;1-16(18,19)17(20,21)14(11-12-7-9-23-10-8-12)24-15(22)13-5-3-2-4-6-13;1-8(2)11(19)21-10(12(14,15)13(16,17)18)7-9-3-5-20-6-4-9;12-9(13,6-10(14,15)16)11(17,18)8(19)5-7-1-3-20-4-2-7;1-9(11,12)10(13,14)8(15)6-7-2-4-16-5-3-7;1-7(14)16-9(10(11,12)13)6-8-2-4-15-5-3-8;10-8(11,9(12,13)14)7(15)5-6-1-3-16-4-2-6/h1-5,12,14H,6-11H2;12-14H,2-11H2,1H3;8-10H,3-7H2,1-2H3;7-8,19H,1-6H2;7-8,15H,2-6H2,1H3;8-9H,2-6H2,1H3;6-7,15H,1-5H2. The Kier molecular flexibility index (Phi) is 51.9. The average Bonchev–Trinajstić information content (AvgIpc) is 0.767. The Morgan fingerprint density at radius 2 is 0.589 bits per heavy atom. The maximum Gasteiger partial charge on any atom is 0.457 e. The summed E-state index contributed by atoms with van der Waals surface area (Å²) >= 11 is 0. The van der Waals surface area contributed by atoms with Gasteiger partial charge in [-0.25, -0.2) is 22.4 Å². The number of alkyl halides is 35. The van der Waals surface area contributed by atoms with Gasteiger partial charge >= 0.3 is 114 Å². The summed E-state index contributed by atoms with van der Waals surface area (Å²) in [5.41, 5.74) is -0.172. The largest absolute Gasteiger partial charge is 0.457 e. The molecule has 7 atom stereocenters. The van der Waals surface area contributed by atoms with Crippen molar-refractivity contribution >= 4 is 23.9 Å². The number of aliphatic hydroxyl groups is 3. The van der Waals surface area contributed by atoms with Crippen molar-refractivity contribution in [2.24, 2.45) is 53.3 Å². The van der Waals surface area contributed by atoms with Crippen LogP contribution in [0.15, 0.2) is 30.3 Å². The molecule has 7 saturated heterocycles. The molecule has 8 fully saturated rings. The third-order valence-electron chi connectivity index (χ3n) is 24.3. The van der Waals surface area contributed by atoms with Crippen molar-refractivity contribution in [1.82, 2.24) is 0 Å². The van der Waals surface area contributed by atoms with Crippen LogP contribution in [0.25, 0.3) is 0 Å². The molecule has 3 N–H and O–H groups in total. The zero-order valence-corrected chi connectivity index (χ0v) is 77.5. The number of carbonyl (C=O) groups excluding carboxylic acids is 4. The molecule has 1 aromatic carbocycles. The Bertz CT molecular complexity index is 3620. The van der Waals surface area contributed by atoms with Crippen molar-refractivity contribution in [2.75, 3.05) is 92.5 Å². The molecule has 141 heavy (non-hydrogen) atoms. The lowest BCUT2D eigenvalue weighted by atomic mass is 9.88. The number of esters is 4. The van der Waals surface area contributed by atoms with E-state index in [0.29, 0.717) is 156 Å². The monoisotopic (exact) mass is 2130 g/mol. The zero-order chi connectivity index (χ0) is 108. The summed E-state index contributed by atoms with van der Waals surface area (Å²) in [5, 5.41) is 27.4. The number of hydrogen-bond acceptors (Lipinski definition) is 18. The van der Waals surface area contributed by atoms with E-state index in [2.05, 4.69) is 14.2 Å². The van der Waals surface area contributed by atoms with E-state index in [9.17, 15) is 183 Å². The molecule has 0 amide bonds. The van der Waals surface area contributed by atoms with Gasteiger partial charge < -0.3 is 67.4 Å². The first-order valence-electron chi connectivity index (χ1n) is 45.6. The molecule has 7 heterocycles. The second-order valence-corrected chi connectivity index (χ2v) is 36.3. The Balaban J connectivity index is 0.000000427. The van der Waals surface area contributed by atoms with Crippen LogP contribution in [0.3, 0.4) is 0 Å². The number of rotatable bonds is 33. The molecule has 0 aromatic heterocycles. The van der Waals surface area contributed by atoms with Gasteiger partial charge in [0.05, 0.1) is 17.4 Å². The van der Waals surface area contributed by atoms with Crippen LogP contribution in [0.2, 0.25) is 0 Å². The van der Waals surface area contributed by atoms with E-state index in [1.54, 1.807) is 0 Å². The van der Waals surface area contributed by atoms with Gasteiger partial charge in [-0.1, -0.05) is 51.3 Å². The van der Waals surface area contributed by atoms with E-state index in [4.69, 9.17) is 43.0 Å². The Labute approximate surface area is 790 Å². The molecule has 1 aromatic rings. The predicted octanol–water partition coefficient (Wildman–Crippen LogP) is 23.9. The van der Waals surface area contributed by atoms with E-state index in [1.807, 2.05) is 0 Å². The van der Waals surface area contributed by atoms with Gasteiger partial charge in [0.25, 0.3) is 0 Å². The molecule has 18 nitrogen and oxygen atoms in total. The van der Waals surface area contributed by atoms with E-state index in [-0.39, 0.29) is 108 Å². The third-order valence-corrected chi connectivity index (χ3v) is 24.3. The van der Waals surface area contributed by atoms with Gasteiger partial charge in [0, 0.05) is 113 Å². The molecule has 7 unspecified atom stereocenters. The second-order valence-electron chi connectivity index (χ2n) is 36.3. The number of halogens is 35. The van der Waals surface area contributed by atoms with Gasteiger partial charge in [0.15, 0.2) is 24.4 Å². The third kappa shape index (κ3) is 44.3. The van der Waals surface area contributed by atoms with Crippen molar-refractivity contribution in [3.63, 3.8) is 0 Å². The van der Waals surface area contributed by atoms with Crippen LogP contribution in [-0.2, 0) is 66.5 Å². The number of benzene rings is 1. The Morgan fingerprint density at radius 3 is 0.865 bits per heavy atom. The van der Waals surface area contributed by atoms with Crippen molar-refractivity contribution in [1.29, 1.82) is 0 Å². The highest BCUT2D eigenvalue weighted by Gasteiger charge is 2.69. The van der Waals surface area contributed by atoms with Crippen molar-refractivity contribution in [2.45, 2.75) is 347 Å². The molecule has 828 valence electrons. The fourth-order valence-corrected chi connectivity index (χ4v) is 15.5. The van der Waals surface area contributed by atoms with Gasteiger partial charge in [-0.15, -0.1) is 0 Å². The van der Waals surface area contributed by atoms with E-state index in [0.717, 1.165) is 26.2 Å². The molecule has 0 radical (unpaired) electrons. The molecular formula is C88H123F35O18. The lowest BCUT2D eigenvalue weighted by Gasteiger charge is -2.35. The topological polar surface area (TPSA) is 230 Å². The van der Waals surface area contributed by atoms with Gasteiger partial charge in [-0.3, -0.25) is 14.4 Å². The molecular weight excluding hydrogens is 2010 g/mol. The van der Waals surface area contributed by atoms with Gasteiger partial charge in [0.2, 0.25) is 0 Å². The summed E-state index contributed by atoms with van der Waals surface area (Å²) in [6.07, 6.45) is -43.3. The van der Waals surface area contributed by atoms with Crippen LogP contribution in [0.5, 0.6) is 0 Å². The van der Waals surface area contributed by atoms with Gasteiger partial charge in [-0.2, -0.15) is 136 Å². The van der Waals surface area contributed by atoms with Crippen LogP contribution in [-0.4, -0.2) is 265 Å². The quantitative estimate of drug-likeness (QED) is 0.0337. The first kappa shape index (κ1) is 129. The summed E-state index contributed by atoms with van der Waals surface area (Å²) in [6.45, 7) is 8.93. The smallest absolute Gasteiger partial charge is 0.455 e. The molecule has 0 spiro atoms. The molecule has 8 aliphatic rings. The van der Waals surface area contributed by atoms with Crippen molar-refractivity contribution in [3.8, 4) is 0 Å². The molecule has 1 aliphatic carbocycles. The van der Waals surface area contributed by atoms with E-state index < -0.39 is 219 Å². The SMILES string of the molecule is CC(=O)OC(CC1CCOCC1)C(F)(F)F.CC(C)C(=O)OC(CC1CCOCC1)C(F)(F)C(F)(F)F.CC(F)(F)C(F)(F)C(CC1CCOCC1)OC(=O)C1CCCCC1.CC(F)(F)C(F)(F)C(O)CC1CCOCC1.O=C(OC(CC1CCOCC1)C(F)(F)C(F)(F)CC(F)(F)F)c1ccccc1.OC(CC1CCOCC1)C(F)(F)C(F)(F)CC(F)(F)F.OC(CC1CCOCC1)C(F)(F)C(F)(F)F. The van der Waals surface area contributed by atoms with Crippen molar-refractivity contribution in [3.05, 3.63) is 35.9 Å². The maximum atomic E-state index is 14.5. The normalized spacial score (nSPS) is 20.7. The number of ether oxygens (including phenoxy) is 11. The summed E-state index contributed by atoms with van der Waals surface area (Å²) in [7, 11) is 0. The van der Waals surface area contributed by atoms with Crippen LogP contribution in [0, 0.1) is 53.3 Å².